The van der Waals surface area contributed by atoms with E-state index in [2.05, 4.69) is 31.8 Å². The summed E-state index contributed by atoms with van der Waals surface area (Å²) in [5, 5.41) is 6.32. The molecule has 0 radical (unpaired) electrons. The minimum absolute atomic E-state index is 0.185. The Labute approximate surface area is 117 Å². The maximum atomic E-state index is 13.1. The van der Waals surface area contributed by atoms with Crippen molar-refractivity contribution in [3.63, 3.8) is 0 Å². The van der Waals surface area contributed by atoms with E-state index in [9.17, 15) is 14.0 Å². The van der Waals surface area contributed by atoms with Crippen molar-refractivity contribution in [2.45, 2.75) is 19.4 Å². The van der Waals surface area contributed by atoms with Gasteiger partial charge in [-0.25, -0.2) is 9.82 Å². The second-order valence-electron chi connectivity index (χ2n) is 4.01. The highest BCUT2D eigenvalue weighted by molar-refractivity contribution is 9.10. The first-order valence-corrected chi connectivity index (χ1v) is 6.43. The number of carbonyl (C=O) groups is 2. The summed E-state index contributed by atoms with van der Waals surface area (Å²) in [5.74, 6) is -0.935. The van der Waals surface area contributed by atoms with E-state index in [0.717, 1.165) is 0 Å². The fraction of sp³-hybridized carbons (Fsp3) is 0.250. The minimum atomic E-state index is -0.366. The van der Waals surface area contributed by atoms with Gasteiger partial charge in [0, 0.05) is 23.9 Å². The van der Waals surface area contributed by atoms with Crippen LogP contribution in [0.3, 0.4) is 0 Å². The van der Waals surface area contributed by atoms with Crippen LogP contribution in [0, 0.1) is 5.82 Å². The standard InChI is InChI=1S/C12H11BrFN3O2/c13-9-2-1-8(14)5-7(9)6-15-12(19)10-3-4-11(18)17-16-10/h1-2,5H,3-4,6H2,(H,15,19)(H,17,18). The molecule has 1 aromatic carbocycles. The average Bonchev–Trinajstić information content (AvgIpc) is 2.40. The first kappa shape index (κ1) is 13.7. The Balaban J connectivity index is 1.97. The molecule has 0 saturated heterocycles. The minimum Gasteiger partial charge on any atom is -0.347 e. The number of nitrogens with one attached hydrogen (secondary N) is 2. The van der Waals surface area contributed by atoms with Crippen LogP contribution in [0.1, 0.15) is 18.4 Å². The Bertz CT molecular complexity index is 560. The third-order valence-electron chi connectivity index (χ3n) is 2.61. The third kappa shape index (κ3) is 3.60. The normalized spacial score (nSPS) is 14.6. The summed E-state index contributed by atoms with van der Waals surface area (Å²) in [5.41, 5.74) is 3.15. The van der Waals surface area contributed by atoms with Crippen LogP contribution in [0.2, 0.25) is 0 Å². The number of halogens is 2. The summed E-state index contributed by atoms with van der Waals surface area (Å²) in [6, 6.07) is 4.25. The fourth-order valence-electron chi connectivity index (χ4n) is 1.59. The smallest absolute Gasteiger partial charge is 0.267 e. The quantitative estimate of drug-likeness (QED) is 0.882. The molecular weight excluding hydrogens is 317 g/mol. The number of hydrogen-bond donors (Lipinski definition) is 2. The van der Waals surface area contributed by atoms with Crippen LogP contribution in [0.15, 0.2) is 27.8 Å². The Morgan fingerprint density at radius 3 is 2.95 bits per heavy atom. The van der Waals surface area contributed by atoms with Crippen molar-refractivity contribution in [3.05, 3.63) is 34.1 Å². The van der Waals surface area contributed by atoms with E-state index in [4.69, 9.17) is 0 Å². The molecule has 0 fully saturated rings. The van der Waals surface area contributed by atoms with Crippen molar-refractivity contribution < 1.29 is 14.0 Å². The number of hydrazone groups is 1. The van der Waals surface area contributed by atoms with E-state index in [1.807, 2.05) is 0 Å². The number of rotatable bonds is 3. The molecule has 2 N–H and O–H groups in total. The number of amides is 2. The van der Waals surface area contributed by atoms with Gasteiger partial charge in [0.2, 0.25) is 5.91 Å². The lowest BCUT2D eigenvalue weighted by molar-refractivity contribution is -0.121. The topological polar surface area (TPSA) is 70.6 Å². The monoisotopic (exact) mass is 327 g/mol. The molecular formula is C12H11BrFN3O2. The lowest BCUT2D eigenvalue weighted by Crippen LogP contribution is -2.36. The largest absolute Gasteiger partial charge is 0.347 e. The zero-order valence-corrected chi connectivity index (χ0v) is 11.5. The molecule has 2 rings (SSSR count). The molecule has 1 aliphatic rings. The summed E-state index contributed by atoms with van der Waals surface area (Å²) in [7, 11) is 0. The van der Waals surface area contributed by atoms with E-state index < -0.39 is 0 Å². The van der Waals surface area contributed by atoms with Gasteiger partial charge in [0.15, 0.2) is 0 Å². The lowest BCUT2D eigenvalue weighted by atomic mass is 10.1. The highest BCUT2D eigenvalue weighted by atomic mass is 79.9. The van der Waals surface area contributed by atoms with Gasteiger partial charge in [0.25, 0.3) is 5.91 Å². The number of benzene rings is 1. The number of carbonyl (C=O) groups excluding carboxylic acids is 2. The van der Waals surface area contributed by atoms with Crippen LogP contribution in [-0.4, -0.2) is 17.5 Å². The van der Waals surface area contributed by atoms with Gasteiger partial charge in [0.1, 0.15) is 11.5 Å². The molecule has 0 atom stereocenters. The van der Waals surface area contributed by atoms with Gasteiger partial charge >= 0.3 is 0 Å². The van der Waals surface area contributed by atoms with E-state index >= 15 is 0 Å². The predicted molar refractivity (Wildman–Crippen MR) is 70.8 cm³/mol. The summed E-state index contributed by atoms with van der Waals surface area (Å²) in [4.78, 5) is 22.7. The van der Waals surface area contributed by atoms with E-state index in [1.165, 1.54) is 12.1 Å². The molecule has 1 aromatic rings. The van der Waals surface area contributed by atoms with Crippen molar-refractivity contribution in [1.29, 1.82) is 0 Å². The molecule has 1 aliphatic heterocycles. The van der Waals surface area contributed by atoms with E-state index in [0.29, 0.717) is 16.5 Å². The molecule has 1 heterocycles. The van der Waals surface area contributed by atoms with Gasteiger partial charge < -0.3 is 5.32 Å². The van der Waals surface area contributed by atoms with Gasteiger partial charge in [-0.15, -0.1) is 0 Å². The Morgan fingerprint density at radius 1 is 1.47 bits per heavy atom. The van der Waals surface area contributed by atoms with E-state index in [1.54, 1.807) is 6.07 Å². The second kappa shape index (κ2) is 5.92. The van der Waals surface area contributed by atoms with E-state index in [-0.39, 0.29) is 36.3 Å². The SMILES string of the molecule is O=C1CCC(C(=O)NCc2cc(F)ccc2Br)=NN1. The summed E-state index contributed by atoms with van der Waals surface area (Å²) >= 11 is 3.28. The molecule has 0 aliphatic carbocycles. The Morgan fingerprint density at radius 2 is 2.26 bits per heavy atom. The Hall–Kier alpha value is -1.76. The summed E-state index contributed by atoms with van der Waals surface area (Å²) in [6.07, 6.45) is 0.553. The molecule has 5 nitrogen and oxygen atoms in total. The molecule has 100 valence electrons. The third-order valence-corrected chi connectivity index (χ3v) is 3.39. The molecule has 0 aromatic heterocycles. The maximum Gasteiger partial charge on any atom is 0.267 e. The van der Waals surface area contributed by atoms with Crippen molar-refractivity contribution in [3.8, 4) is 0 Å². The van der Waals surface area contributed by atoms with Gasteiger partial charge in [-0.3, -0.25) is 9.59 Å². The summed E-state index contributed by atoms with van der Waals surface area (Å²) in [6.45, 7) is 0.185. The van der Waals surface area contributed by atoms with Gasteiger partial charge in [0.05, 0.1) is 0 Å². The fourth-order valence-corrected chi connectivity index (χ4v) is 1.98. The second-order valence-corrected chi connectivity index (χ2v) is 4.87. The van der Waals surface area contributed by atoms with Crippen molar-refractivity contribution in [2.75, 3.05) is 0 Å². The maximum absolute atomic E-state index is 13.1. The molecule has 2 amide bonds. The summed E-state index contributed by atoms with van der Waals surface area (Å²) < 4.78 is 13.8. The molecule has 19 heavy (non-hydrogen) atoms. The van der Waals surface area contributed by atoms with Crippen LogP contribution in [-0.2, 0) is 16.1 Å². The lowest BCUT2D eigenvalue weighted by Gasteiger charge is -2.12. The molecule has 0 spiro atoms. The van der Waals surface area contributed by atoms with Crippen LogP contribution in [0.5, 0.6) is 0 Å². The predicted octanol–water partition coefficient (Wildman–Crippen LogP) is 1.47. The highest BCUT2D eigenvalue weighted by Gasteiger charge is 2.18. The van der Waals surface area contributed by atoms with Crippen LogP contribution >= 0.6 is 15.9 Å². The molecule has 7 heteroatoms. The average molecular weight is 328 g/mol. The van der Waals surface area contributed by atoms with Gasteiger partial charge in [-0.2, -0.15) is 5.10 Å². The van der Waals surface area contributed by atoms with Crippen molar-refractivity contribution >= 4 is 33.5 Å². The number of hydrogen-bond acceptors (Lipinski definition) is 3. The number of nitrogens with zero attached hydrogens (tertiary/aromatic N) is 1. The van der Waals surface area contributed by atoms with Crippen LogP contribution in [0.4, 0.5) is 4.39 Å². The Kier molecular flexibility index (Phi) is 4.26. The highest BCUT2D eigenvalue weighted by Crippen LogP contribution is 2.17. The molecule has 0 saturated carbocycles. The first-order chi connectivity index (χ1) is 9.06. The van der Waals surface area contributed by atoms with Crippen molar-refractivity contribution in [1.82, 2.24) is 10.7 Å². The van der Waals surface area contributed by atoms with Gasteiger partial charge in [-0.05, 0) is 23.8 Å². The van der Waals surface area contributed by atoms with Crippen LogP contribution < -0.4 is 10.7 Å². The molecule has 0 unspecified atom stereocenters. The molecule has 0 bridgehead atoms. The van der Waals surface area contributed by atoms with Crippen molar-refractivity contribution in [2.24, 2.45) is 5.10 Å². The van der Waals surface area contributed by atoms with Gasteiger partial charge in [-0.1, -0.05) is 15.9 Å². The zero-order valence-electron chi connectivity index (χ0n) is 9.87. The van der Waals surface area contributed by atoms with Crippen LogP contribution in [0.25, 0.3) is 0 Å². The first-order valence-electron chi connectivity index (χ1n) is 5.64. The zero-order chi connectivity index (χ0) is 13.8.